The summed E-state index contributed by atoms with van der Waals surface area (Å²) in [4.78, 5) is 11.0. The third-order valence-electron chi connectivity index (χ3n) is 2.10. The van der Waals surface area contributed by atoms with Crippen molar-refractivity contribution in [3.8, 4) is 0 Å². The van der Waals surface area contributed by atoms with Gasteiger partial charge in [-0.25, -0.2) is 4.79 Å². The number of amides is 1. The van der Waals surface area contributed by atoms with Crippen LogP contribution in [0.5, 0.6) is 0 Å². The van der Waals surface area contributed by atoms with E-state index in [1.807, 2.05) is 5.32 Å². The Hall–Kier alpha value is -1.86. The van der Waals surface area contributed by atoms with Gasteiger partial charge in [-0.05, 0) is 19.1 Å². The summed E-state index contributed by atoms with van der Waals surface area (Å²) in [7, 11) is 0. The van der Waals surface area contributed by atoms with Gasteiger partial charge in [0.15, 0.2) is 0 Å². The molecule has 1 rings (SSSR count). The van der Waals surface area contributed by atoms with Gasteiger partial charge in [-0.2, -0.15) is 22.0 Å². The topological polar surface area (TPSA) is 38.3 Å². The molecule has 1 N–H and O–H groups in total. The van der Waals surface area contributed by atoms with Gasteiger partial charge < -0.3 is 4.74 Å². The van der Waals surface area contributed by atoms with Crippen molar-refractivity contribution in [1.82, 2.24) is 0 Å². The van der Waals surface area contributed by atoms with Crippen LogP contribution in [0.15, 0.2) is 24.3 Å². The van der Waals surface area contributed by atoms with Crippen molar-refractivity contribution < 1.29 is 31.5 Å². The third-order valence-corrected chi connectivity index (χ3v) is 2.10. The second kappa shape index (κ2) is 5.41. The predicted octanol–water partition coefficient (Wildman–Crippen LogP) is 3.91. The molecule has 0 unspecified atom stereocenters. The molecular weight excluding hydrogens is 273 g/mol. The molecule has 0 spiro atoms. The minimum Gasteiger partial charge on any atom is -0.450 e. The van der Waals surface area contributed by atoms with Crippen LogP contribution in [0, 0.1) is 0 Å². The molecule has 1 amide bonds. The fourth-order valence-electron chi connectivity index (χ4n) is 1.24. The van der Waals surface area contributed by atoms with Crippen molar-refractivity contribution in [1.29, 1.82) is 0 Å². The number of alkyl halides is 5. The lowest BCUT2D eigenvalue weighted by molar-refractivity contribution is -0.289. The number of ether oxygens (including phenoxy) is 1. The van der Waals surface area contributed by atoms with Gasteiger partial charge in [-0.1, -0.05) is 12.1 Å². The van der Waals surface area contributed by atoms with Gasteiger partial charge in [0.25, 0.3) is 0 Å². The molecule has 0 radical (unpaired) electrons. The third kappa shape index (κ3) is 3.55. The number of halogens is 5. The number of anilines is 1. The highest BCUT2D eigenvalue weighted by Gasteiger charge is 2.58. The van der Waals surface area contributed by atoms with Crippen LogP contribution in [0.2, 0.25) is 0 Å². The number of benzene rings is 1. The van der Waals surface area contributed by atoms with Crippen molar-refractivity contribution in [2.24, 2.45) is 0 Å². The zero-order valence-electron chi connectivity index (χ0n) is 9.72. The number of hydrogen-bond acceptors (Lipinski definition) is 2. The van der Waals surface area contributed by atoms with Gasteiger partial charge in [-0.15, -0.1) is 0 Å². The van der Waals surface area contributed by atoms with Gasteiger partial charge in [0.2, 0.25) is 0 Å². The van der Waals surface area contributed by atoms with E-state index in [2.05, 4.69) is 4.74 Å². The Bertz CT molecular complexity index is 459. The van der Waals surface area contributed by atoms with Crippen molar-refractivity contribution >= 4 is 11.8 Å². The van der Waals surface area contributed by atoms with Crippen LogP contribution in [-0.4, -0.2) is 18.9 Å². The summed E-state index contributed by atoms with van der Waals surface area (Å²) >= 11 is 0. The summed E-state index contributed by atoms with van der Waals surface area (Å²) in [6.45, 7) is 1.57. The van der Waals surface area contributed by atoms with Crippen LogP contribution in [0.4, 0.5) is 32.4 Å². The maximum atomic E-state index is 13.1. The smallest absolute Gasteiger partial charge is 0.450 e. The molecule has 0 aromatic heterocycles. The van der Waals surface area contributed by atoms with Crippen molar-refractivity contribution in [3.63, 3.8) is 0 Å². The molecule has 0 aliphatic heterocycles. The molecule has 0 fully saturated rings. The monoisotopic (exact) mass is 283 g/mol. The van der Waals surface area contributed by atoms with E-state index in [-0.39, 0.29) is 12.3 Å². The average molecular weight is 283 g/mol. The SMILES string of the molecule is CCOC(=O)Nc1cccc(C(F)(F)C(F)(F)F)c1. The minimum atomic E-state index is -5.70. The predicted molar refractivity (Wildman–Crippen MR) is 57.0 cm³/mol. The van der Waals surface area contributed by atoms with Gasteiger partial charge in [0, 0.05) is 11.3 Å². The Kier molecular flexibility index (Phi) is 4.33. The summed E-state index contributed by atoms with van der Waals surface area (Å²) in [5, 5.41) is 2.04. The number of carbonyl (C=O) groups is 1. The Morgan fingerprint density at radius 2 is 1.89 bits per heavy atom. The molecular formula is C11H10F5NO2. The molecule has 1 aromatic carbocycles. The highest BCUT2D eigenvalue weighted by atomic mass is 19.4. The Labute approximate surface area is 105 Å². The largest absolute Gasteiger partial charge is 0.458 e. The first-order valence-electron chi connectivity index (χ1n) is 5.17. The van der Waals surface area contributed by atoms with E-state index in [1.54, 1.807) is 0 Å². The molecule has 0 bridgehead atoms. The molecule has 106 valence electrons. The second-order valence-electron chi connectivity index (χ2n) is 3.50. The summed E-state index contributed by atoms with van der Waals surface area (Å²) in [6.07, 6.45) is -6.63. The Morgan fingerprint density at radius 3 is 2.42 bits per heavy atom. The van der Waals surface area contributed by atoms with Crippen molar-refractivity contribution in [2.45, 2.75) is 19.0 Å². The summed E-state index contributed by atoms with van der Waals surface area (Å²) < 4.78 is 67.1. The Morgan fingerprint density at radius 1 is 1.26 bits per heavy atom. The second-order valence-corrected chi connectivity index (χ2v) is 3.50. The highest BCUT2D eigenvalue weighted by molar-refractivity contribution is 5.84. The standard InChI is InChI=1S/C11H10F5NO2/c1-2-19-9(18)17-8-5-3-4-7(6-8)10(12,13)11(14,15)16/h3-6H,2H2,1H3,(H,17,18). The quantitative estimate of drug-likeness (QED) is 0.854. The number of rotatable bonds is 3. The van der Waals surface area contributed by atoms with Crippen LogP contribution < -0.4 is 5.32 Å². The van der Waals surface area contributed by atoms with E-state index in [0.29, 0.717) is 12.1 Å². The van der Waals surface area contributed by atoms with Crippen LogP contribution in [0.1, 0.15) is 12.5 Å². The van der Waals surface area contributed by atoms with E-state index in [0.717, 1.165) is 6.07 Å². The molecule has 19 heavy (non-hydrogen) atoms. The zero-order valence-corrected chi connectivity index (χ0v) is 9.72. The van der Waals surface area contributed by atoms with Crippen LogP contribution in [0.3, 0.4) is 0 Å². The van der Waals surface area contributed by atoms with E-state index in [1.165, 1.54) is 13.0 Å². The molecule has 0 heterocycles. The molecule has 0 aliphatic rings. The Balaban J connectivity index is 2.98. The molecule has 8 heteroatoms. The van der Waals surface area contributed by atoms with Gasteiger partial charge in [0.1, 0.15) is 0 Å². The number of carbonyl (C=O) groups excluding carboxylic acids is 1. The first-order chi connectivity index (χ1) is 8.68. The van der Waals surface area contributed by atoms with Crippen LogP contribution in [0.25, 0.3) is 0 Å². The first-order valence-corrected chi connectivity index (χ1v) is 5.17. The maximum absolute atomic E-state index is 13.1. The van der Waals surface area contributed by atoms with Crippen molar-refractivity contribution in [3.05, 3.63) is 29.8 Å². The van der Waals surface area contributed by atoms with Gasteiger partial charge >= 0.3 is 18.2 Å². The van der Waals surface area contributed by atoms with E-state index < -0.39 is 23.8 Å². The molecule has 0 aliphatic carbocycles. The van der Waals surface area contributed by atoms with E-state index >= 15 is 0 Å². The summed E-state index contributed by atoms with van der Waals surface area (Å²) in [6, 6.07) is 3.33. The van der Waals surface area contributed by atoms with Crippen LogP contribution >= 0.6 is 0 Å². The normalized spacial score (nSPS) is 12.1. The van der Waals surface area contributed by atoms with Crippen molar-refractivity contribution in [2.75, 3.05) is 11.9 Å². The zero-order chi connectivity index (χ0) is 14.7. The number of hydrogen-bond donors (Lipinski definition) is 1. The molecule has 3 nitrogen and oxygen atoms in total. The molecule has 0 saturated carbocycles. The fraction of sp³-hybridized carbons (Fsp3) is 0.364. The number of nitrogens with one attached hydrogen (secondary N) is 1. The maximum Gasteiger partial charge on any atom is 0.458 e. The first kappa shape index (κ1) is 15.2. The average Bonchev–Trinajstić information content (AvgIpc) is 2.28. The van der Waals surface area contributed by atoms with E-state index in [4.69, 9.17) is 0 Å². The molecule has 0 atom stereocenters. The van der Waals surface area contributed by atoms with Gasteiger partial charge in [-0.3, -0.25) is 5.32 Å². The summed E-state index contributed by atoms with van der Waals surface area (Å²) in [5.74, 6) is -4.99. The fourth-order valence-corrected chi connectivity index (χ4v) is 1.24. The lowest BCUT2D eigenvalue weighted by atomic mass is 10.1. The molecule has 0 saturated heterocycles. The van der Waals surface area contributed by atoms with E-state index in [9.17, 15) is 26.7 Å². The molecule has 1 aromatic rings. The lowest BCUT2D eigenvalue weighted by Gasteiger charge is -2.20. The highest BCUT2D eigenvalue weighted by Crippen LogP contribution is 2.44. The summed E-state index contributed by atoms with van der Waals surface area (Å²) in [5.41, 5.74) is -1.46. The van der Waals surface area contributed by atoms with Crippen LogP contribution in [-0.2, 0) is 10.7 Å². The van der Waals surface area contributed by atoms with Gasteiger partial charge in [0.05, 0.1) is 6.61 Å². The lowest BCUT2D eigenvalue weighted by Crippen LogP contribution is -2.33. The minimum absolute atomic E-state index is 0.0459.